The van der Waals surface area contributed by atoms with Crippen LogP contribution < -0.4 is 5.73 Å². The smallest absolute Gasteiger partial charge is 0.326 e. The van der Waals surface area contributed by atoms with Crippen LogP contribution in [0.15, 0.2) is 24.3 Å². The molecule has 0 spiro atoms. The summed E-state index contributed by atoms with van der Waals surface area (Å²) in [5.74, 6) is -1.03. The minimum atomic E-state index is -0.940. The van der Waals surface area contributed by atoms with Crippen LogP contribution in [0, 0.1) is 5.41 Å². The Balaban J connectivity index is 1.92. The summed E-state index contributed by atoms with van der Waals surface area (Å²) in [5, 5.41) is 9.49. The van der Waals surface area contributed by atoms with Crippen molar-refractivity contribution in [2.45, 2.75) is 38.3 Å². The predicted molar refractivity (Wildman–Crippen MR) is 77.5 cm³/mol. The Kier molecular flexibility index (Phi) is 3.45. The molecule has 2 aliphatic rings. The molecule has 0 bridgehead atoms. The molecule has 3 N–H and O–H groups in total. The molecule has 1 aromatic rings. The second kappa shape index (κ2) is 5.15. The summed E-state index contributed by atoms with van der Waals surface area (Å²) >= 11 is 0. The first kappa shape index (κ1) is 14.1. The van der Waals surface area contributed by atoms with Crippen molar-refractivity contribution in [1.29, 1.82) is 0 Å². The van der Waals surface area contributed by atoms with Crippen molar-refractivity contribution in [3.63, 3.8) is 0 Å². The summed E-state index contributed by atoms with van der Waals surface area (Å²) in [4.78, 5) is 25.9. The van der Waals surface area contributed by atoms with Crippen LogP contribution in [0.25, 0.3) is 0 Å². The van der Waals surface area contributed by atoms with Crippen molar-refractivity contribution < 1.29 is 14.7 Å². The summed E-state index contributed by atoms with van der Waals surface area (Å²) in [7, 11) is 0. The first-order chi connectivity index (χ1) is 10.1. The number of nitrogens with zero attached hydrogens (tertiary/aromatic N) is 1. The average molecular weight is 288 g/mol. The Morgan fingerprint density at radius 3 is 2.48 bits per heavy atom. The summed E-state index contributed by atoms with van der Waals surface area (Å²) < 4.78 is 0. The van der Waals surface area contributed by atoms with E-state index < -0.39 is 17.4 Å². The number of nitrogens with two attached hydrogens (primary N) is 1. The van der Waals surface area contributed by atoms with Crippen molar-refractivity contribution in [2.24, 2.45) is 11.1 Å². The highest BCUT2D eigenvalue weighted by Gasteiger charge is 2.48. The first-order valence-corrected chi connectivity index (χ1v) is 7.38. The van der Waals surface area contributed by atoms with Gasteiger partial charge in [0.2, 0.25) is 5.91 Å². The van der Waals surface area contributed by atoms with Gasteiger partial charge in [-0.15, -0.1) is 0 Å². The number of fused-ring (bicyclic) bond motifs is 1. The van der Waals surface area contributed by atoms with Crippen molar-refractivity contribution in [2.75, 3.05) is 6.54 Å². The van der Waals surface area contributed by atoms with Gasteiger partial charge in [-0.1, -0.05) is 30.7 Å². The van der Waals surface area contributed by atoms with E-state index in [-0.39, 0.29) is 5.91 Å². The van der Waals surface area contributed by atoms with Gasteiger partial charge in [-0.05, 0) is 24.0 Å². The van der Waals surface area contributed by atoms with Crippen LogP contribution in [0.3, 0.4) is 0 Å². The maximum atomic E-state index is 12.8. The molecule has 1 amide bonds. The molecule has 0 radical (unpaired) electrons. The van der Waals surface area contributed by atoms with Gasteiger partial charge in [0.25, 0.3) is 0 Å². The van der Waals surface area contributed by atoms with Crippen LogP contribution in [-0.4, -0.2) is 34.5 Å². The average Bonchev–Trinajstić information content (AvgIpc) is 2.45. The summed E-state index contributed by atoms with van der Waals surface area (Å²) in [6, 6.07) is 6.95. The van der Waals surface area contributed by atoms with E-state index in [0.717, 1.165) is 30.4 Å². The molecule has 1 atom stereocenters. The number of amides is 1. The molecule has 3 rings (SSSR count). The number of hydrogen-bond acceptors (Lipinski definition) is 3. The second-order valence-corrected chi connectivity index (χ2v) is 6.10. The molecule has 0 aromatic heterocycles. The Bertz CT molecular complexity index is 575. The van der Waals surface area contributed by atoms with Crippen LogP contribution in [0.4, 0.5) is 0 Å². The van der Waals surface area contributed by atoms with Gasteiger partial charge in [-0.3, -0.25) is 4.79 Å². The molecule has 1 saturated carbocycles. The third-order valence-corrected chi connectivity index (χ3v) is 4.95. The zero-order valence-corrected chi connectivity index (χ0v) is 11.9. The van der Waals surface area contributed by atoms with Crippen molar-refractivity contribution >= 4 is 11.9 Å². The topological polar surface area (TPSA) is 83.6 Å². The highest BCUT2D eigenvalue weighted by atomic mass is 16.4. The fraction of sp³-hybridized carbons (Fsp3) is 0.500. The van der Waals surface area contributed by atoms with E-state index in [4.69, 9.17) is 5.73 Å². The molecule has 1 aliphatic carbocycles. The van der Waals surface area contributed by atoms with Gasteiger partial charge >= 0.3 is 5.97 Å². The zero-order chi connectivity index (χ0) is 15.0. The molecular formula is C16H20N2O3. The number of rotatable bonds is 3. The Labute approximate surface area is 123 Å². The number of carbonyl (C=O) groups excluding carboxylic acids is 1. The van der Waals surface area contributed by atoms with E-state index in [1.165, 1.54) is 4.90 Å². The van der Waals surface area contributed by atoms with Gasteiger partial charge in [0, 0.05) is 19.5 Å². The maximum Gasteiger partial charge on any atom is 0.326 e. The highest BCUT2D eigenvalue weighted by molar-refractivity contribution is 5.89. The maximum absolute atomic E-state index is 12.8. The molecular weight excluding hydrogens is 268 g/mol. The number of benzene rings is 1. The van der Waals surface area contributed by atoms with Crippen LogP contribution in [0.1, 0.15) is 30.4 Å². The number of carboxylic acid groups (broad SMARTS) is 1. The number of carbonyl (C=O) groups is 2. The van der Waals surface area contributed by atoms with Crippen molar-refractivity contribution in [3.8, 4) is 0 Å². The van der Waals surface area contributed by atoms with Gasteiger partial charge in [0.1, 0.15) is 6.04 Å². The first-order valence-electron chi connectivity index (χ1n) is 7.38. The quantitative estimate of drug-likeness (QED) is 0.874. The lowest BCUT2D eigenvalue weighted by Gasteiger charge is -2.45. The molecule has 112 valence electrons. The summed E-state index contributed by atoms with van der Waals surface area (Å²) in [6.07, 6.45) is 2.91. The van der Waals surface area contributed by atoms with E-state index in [9.17, 15) is 14.7 Å². The molecule has 1 heterocycles. The van der Waals surface area contributed by atoms with Crippen LogP contribution in [-0.2, 0) is 22.6 Å². The molecule has 21 heavy (non-hydrogen) atoms. The van der Waals surface area contributed by atoms with Crippen molar-refractivity contribution in [1.82, 2.24) is 4.90 Å². The van der Waals surface area contributed by atoms with E-state index in [1.807, 2.05) is 24.3 Å². The standard InChI is InChI=1S/C16H20N2O3/c17-10-16(6-3-7-16)15(21)18-9-12-5-2-1-4-11(12)8-13(18)14(19)20/h1-2,4-5,13H,3,6-10,17H2,(H,19,20)/t13-/m0/s1. The van der Waals surface area contributed by atoms with Gasteiger partial charge in [0.05, 0.1) is 5.41 Å². The Morgan fingerprint density at radius 1 is 1.29 bits per heavy atom. The Hall–Kier alpha value is -1.88. The van der Waals surface area contributed by atoms with E-state index in [2.05, 4.69) is 0 Å². The largest absolute Gasteiger partial charge is 0.480 e. The summed E-state index contributed by atoms with van der Waals surface area (Å²) in [6.45, 7) is 0.671. The third-order valence-electron chi connectivity index (χ3n) is 4.95. The molecule has 0 saturated heterocycles. The minimum Gasteiger partial charge on any atom is -0.480 e. The number of hydrogen-bond donors (Lipinski definition) is 2. The molecule has 1 fully saturated rings. The second-order valence-electron chi connectivity index (χ2n) is 6.10. The SMILES string of the molecule is NCC1(C(=O)N2Cc3ccccc3C[C@H]2C(=O)O)CCC1. The van der Waals surface area contributed by atoms with Gasteiger partial charge < -0.3 is 15.7 Å². The monoisotopic (exact) mass is 288 g/mol. The molecule has 1 aromatic carbocycles. The number of aliphatic carboxylic acids is 1. The van der Waals surface area contributed by atoms with Crippen LogP contribution >= 0.6 is 0 Å². The van der Waals surface area contributed by atoms with Gasteiger partial charge in [-0.25, -0.2) is 4.79 Å². The predicted octanol–water partition coefficient (Wildman–Crippen LogP) is 1.15. The van der Waals surface area contributed by atoms with Crippen LogP contribution in [0.5, 0.6) is 0 Å². The Morgan fingerprint density at radius 2 is 1.95 bits per heavy atom. The zero-order valence-electron chi connectivity index (χ0n) is 11.9. The van der Waals surface area contributed by atoms with Gasteiger partial charge in [0.15, 0.2) is 0 Å². The van der Waals surface area contributed by atoms with E-state index in [1.54, 1.807) is 0 Å². The molecule has 0 unspecified atom stereocenters. The fourth-order valence-electron chi connectivity index (χ4n) is 3.37. The third kappa shape index (κ3) is 2.21. The highest BCUT2D eigenvalue weighted by Crippen LogP contribution is 2.43. The van der Waals surface area contributed by atoms with Crippen LogP contribution in [0.2, 0.25) is 0 Å². The molecule has 5 heteroatoms. The molecule has 1 aliphatic heterocycles. The van der Waals surface area contributed by atoms with Crippen molar-refractivity contribution in [3.05, 3.63) is 35.4 Å². The van der Waals surface area contributed by atoms with E-state index in [0.29, 0.717) is 19.5 Å². The fourth-order valence-corrected chi connectivity index (χ4v) is 3.37. The molecule has 5 nitrogen and oxygen atoms in total. The van der Waals surface area contributed by atoms with Gasteiger partial charge in [-0.2, -0.15) is 0 Å². The normalized spacial score (nSPS) is 23.1. The summed E-state index contributed by atoms with van der Waals surface area (Å²) in [5.41, 5.74) is 7.32. The lowest BCUT2D eigenvalue weighted by molar-refractivity contribution is -0.159. The van der Waals surface area contributed by atoms with E-state index >= 15 is 0 Å². The lowest BCUT2D eigenvalue weighted by Crippen LogP contribution is -2.57. The lowest BCUT2D eigenvalue weighted by atomic mass is 9.67. The number of carboxylic acids is 1. The minimum absolute atomic E-state index is 0.0850.